The summed E-state index contributed by atoms with van der Waals surface area (Å²) < 4.78 is 0. The van der Waals surface area contributed by atoms with E-state index in [2.05, 4.69) is 34.5 Å². The molecule has 0 bridgehead atoms. The van der Waals surface area contributed by atoms with Crippen molar-refractivity contribution < 1.29 is 4.79 Å². The van der Waals surface area contributed by atoms with Crippen molar-refractivity contribution in [3.8, 4) is 0 Å². The molecule has 1 aromatic carbocycles. The van der Waals surface area contributed by atoms with Gasteiger partial charge in [0, 0.05) is 31.7 Å². The maximum Gasteiger partial charge on any atom is 0.224 e. The van der Waals surface area contributed by atoms with Gasteiger partial charge >= 0.3 is 0 Å². The second-order valence-corrected chi connectivity index (χ2v) is 6.42. The molecule has 0 radical (unpaired) electrons. The Morgan fingerprint density at radius 2 is 1.91 bits per heavy atom. The first-order valence-electron chi connectivity index (χ1n) is 8.04. The molecular formula is C17H27Cl2N3O. The van der Waals surface area contributed by atoms with Crippen LogP contribution in [-0.2, 0) is 11.3 Å². The summed E-state index contributed by atoms with van der Waals surface area (Å²) >= 11 is 0. The van der Waals surface area contributed by atoms with Crippen molar-refractivity contribution in [1.29, 1.82) is 0 Å². The summed E-state index contributed by atoms with van der Waals surface area (Å²) in [5.41, 5.74) is 7.35. The number of carbonyl (C=O) groups excluding carboxylic acids is 1. The number of halogens is 2. The summed E-state index contributed by atoms with van der Waals surface area (Å²) in [6, 6.07) is 10.9. The van der Waals surface area contributed by atoms with E-state index in [1.165, 1.54) is 5.56 Å². The molecule has 1 amide bonds. The van der Waals surface area contributed by atoms with Gasteiger partial charge in [0.05, 0.1) is 5.92 Å². The molecule has 1 saturated heterocycles. The number of amides is 1. The number of likely N-dealkylation sites (tertiary alicyclic amines) is 1. The second kappa shape index (κ2) is 9.48. The highest BCUT2D eigenvalue weighted by atomic mass is 35.5. The van der Waals surface area contributed by atoms with Gasteiger partial charge in [0.15, 0.2) is 0 Å². The fraction of sp³-hybridized carbons (Fsp3) is 0.588. The molecule has 3 N–H and O–H groups in total. The molecule has 3 rings (SSSR count). The average molecular weight is 360 g/mol. The monoisotopic (exact) mass is 359 g/mol. The van der Waals surface area contributed by atoms with Crippen LogP contribution in [0.4, 0.5) is 0 Å². The SMILES string of the molecule is Cl.Cl.NC1CCCC1C(=O)NC1CCN(Cc2ccccc2)C1. The van der Waals surface area contributed by atoms with Crippen LogP contribution in [0.3, 0.4) is 0 Å². The Labute approximate surface area is 151 Å². The summed E-state index contributed by atoms with van der Waals surface area (Å²) in [6.07, 6.45) is 4.07. The number of nitrogens with zero attached hydrogens (tertiary/aromatic N) is 1. The number of hydrogen-bond donors (Lipinski definition) is 2. The topological polar surface area (TPSA) is 58.4 Å². The minimum absolute atomic E-state index is 0. The van der Waals surface area contributed by atoms with Crippen LogP contribution in [-0.4, -0.2) is 36.0 Å². The van der Waals surface area contributed by atoms with E-state index in [1.54, 1.807) is 0 Å². The molecule has 0 spiro atoms. The van der Waals surface area contributed by atoms with Gasteiger partial charge in [-0.3, -0.25) is 9.69 Å². The predicted molar refractivity (Wildman–Crippen MR) is 98.1 cm³/mol. The number of nitrogens with two attached hydrogens (primary N) is 1. The third kappa shape index (κ3) is 5.35. The normalized spacial score (nSPS) is 27.1. The number of hydrogen-bond acceptors (Lipinski definition) is 3. The molecule has 23 heavy (non-hydrogen) atoms. The highest BCUT2D eigenvalue weighted by Crippen LogP contribution is 2.24. The standard InChI is InChI=1S/C17H25N3O.2ClH/c18-16-8-4-7-15(16)17(21)19-14-9-10-20(12-14)11-13-5-2-1-3-6-13;;/h1-3,5-6,14-16H,4,7-12,18H2,(H,19,21);2*1H. The molecule has 130 valence electrons. The van der Waals surface area contributed by atoms with Crippen LogP contribution >= 0.6 is 24.8 Å². The van der Waals surface area contributed by atoms with Crippen molar-refractivity contribution in [2.75, 3.05) is 13.1 Å². The largest absolute Gasteiger partial charge is 0.352 e. The van der Waals surface area contributed by atoms with E-state index in [0.717, 1.165) is 45.3 Å². The smallest absolute Gasteiger partial charge is 0.224 e. The van der Waals surface area contributed by atoms with Gasteiger partial charge in [-0.1, -0.05) is 36.8 Å². The van der Waals surface area contributed by atoms with E-state index in [-0.39, 0.29) is 48.7 Å². The van der Waals surface area contributed by atoms with Crippen molar-refractivity contribution >= 4 is 30.7 Å². The van der Waals surface area contributed by atoms with E-state index in [9.17, 15) is 4.79 Å². The summed E-state index contributed by atoms with van der Waals surface area (Å²) in [4.78, 5) is 14.7. The predicted octanol–water partition coefficient (Wildman–Crippen LogP) is 2.35. The minimum Gasteiger partial charge on any atom is -0.352 e. The summed E-state index contributed by atoms with van der Waals surface area (Å²) in [5, 5.41) is 3.21. The lowest BCUT2D eigenvalue weighted by molar-refractivity contribution is -0.125. The molecule has 1 aliphatic heterocycles. The Hall–Kier alpha value is -0.810. The third-order valence-corrected chi connectivity index (χ3v) is 4.77. The molecular weight excluding hydrogens is 333 g/mol. The number of nitrogens with one attached hydrogen (secondary N) is 1. The van der Waals surface area contributed by atoms with E-state index >= 15 is 0 Å². The molecule has 1 saturated carbocycles. The molecule has 1 aromatic rings. The molecule has 2 fully saturated rings. The first-order valence-corrected chi connectivity index (χ1v) is 8.04. The Morgan fingerprint density at radius 3 is 2.57 bits per heavy atom. The zero-order valence-electron chi connectivity index (χ0n) is 13.3. The van der Waals surface area contributed by atoms with Gasteiger partial charge in [-0.25, -0.2) is 0 Å². The Morgan fingerprint density at radius 1 is 1.17 bits per heavy atom. The maximum atomic E-state index is 12.3. The Bertz CT molecular complexity index is 486. The fourth-order valence-electron chi connectivity index (χ4n) is 3.56. The van der Waals surface area contributed by atoms with Crippen LogP contribution in [0, 0.1) is 5.92 Å². The molecule has 3 atom stereocenters. The van der Waals surface area contributed by atoms with E-state index < -0.39 is 0 Å². The van der Waals surface area contributed by atoms with Gasteiger partial charge in [-0.15, -0.1) is 24.8 Å². The van der Waals surface area contributed by atoms with Crippen molar-refractivity contribution in [2.45, 2.75) is 44.3 Å². The van der Waals surface area contributed by atoms with Crippen LogP contribution in [0.2, 0.25) is 0 Å². The van der Waals surface area contributed by atoms with Crippen molar-refractivity contribution in [3.05, 3.63) is 35.9 Å². The lowest BCUT2D eigenvalue weighted by atomic mass is 10.0. The summed E-state index contributed by atoms with van der Waals surface area (Å²) in [5.74, 6) is 0.208. The van der Waals surface area contributed by atoms with Crippen LogP contribution in [0.25, 0.3) is 0 Å². The van der Waals surface area contributed by atoms with Crippen LogP contribution < -0.4 is 11.1 Å². The van der Waals surface area contributed by atoms with Gasteiger partial charge in [0.2, 0.25) is 5.91 Å². The van der Waals surface area contributed by atoms with Gasteiger partial charge in [0.1, 0.15) is 0 Å². The highest BCUT2D eigenvalue weighted by molar-refractivity contribution is 5.85. The maximum absolute atomic E-state index is 12.3. The third-order valence-electron chi connectivity index (χ3n) is 4.77. The van der Waals surface area contributed by atoms with Crippen molar-refractivity contribution in [3.63, 3.8) is 0 Å². The molecule has 4 nitrogen and oxygen atoms in total. The van der Waals surface area contributed by atoms with Crippen molar-refractivity contribution in [2.24, 2.45) is 11.7 Å². The van der Waals surface area contributed by atoms with E-state index in [1.807, 2.05) is 6.07 Å². The highest BCUT2D eigenvalue weighted by Gasteiger charge is 2.32. The lowest BCUT2D eigenvalue weighted by Crippen LogP contribution is -2.44. The number of rotatable bonds is 4. The Kier molecular flexibility index (Phi) is 8.34. The van der Waals surface area contributed by atoms with Crippen LogP contribution in [0.1, 0.15) is 31.2 Å². The number of benzene rings is 1. The second-order valence-electron chi connectivity index (χ2n) is 6.42. The Balaban J connectivity index is 0.00000132. The van der Waals surface area contributed by atoms with Crippen LogP contribution in [0.15, 0.2) is 30.3 Å². The molecule has 1 aliphatic carbocycles. The number of carbonyl (C=O) groups is 1. The van der Waals surface area contributed by atoms with Gasteiger partial charge in [-0.2, -0.15) is 0 Å². The summed E-state index contributed by atoms with van der Waals surface area (Å²) in [7, 11) is 0. The average Bonchev–Trinajstić information content (AvgIpc) is 3.09. The van der Waals surface area contributed by atoms with Crippen LogP contribution in [0.5, 0.6) is 0 Å². The lowest BCUT2D eigenvalue weighted by Gasteiger charge is -2.20. The fourth-order valence-corrected chi connectivity index (χ4v) is 3.56. The van der Waals surface area contributed by atoms with Gasteiger partial charge in [0.25, 0.3) is 0 Å². The molecule has 0 aromatic heterocycles. The zero-order valence-corrected chi connectivity index (χ0v) is 15.0. The van der Waals surface area contributed by atoms with Gasteiger partial charge < -0.3 is 11.1 Å². The first kappa shape index (κ1) is 20.2. The van der Waals surface area contributed by atoms with Gasteiger partial charge in [-0.05, 0) is 24.8 Å². The molecule has 6 heteroatoms. The molecule has 1 heterocycles. The zero-order chi connectivity index (χ0) is 14.7. The first-order chi connectivity index (χ1) is 10.2. The molecule has 2 aliphatic rings. The minimum atomic E-state index is 0. The van der Waals surface area contributed by atoms with E-state index in [0.29, 0.717) is 0 Å². The van der Waals surface area contributed by atoms with Crippen molar-refractivity contribution in [1.82, 2.24) is 10.2 Å². The van der Waals surface area contributed by atoms with E-state index in [4.69, 9.17) is 5.73 Å². The summed E-state index contributed by atoms with van der Waals surface area (Å²) in [6.45, 7) is 2.97. The quantitative estimate of drug-likeness (QED) is 0.867. The molecule has 3 unspecified atom stereocenters.